The number of rotatable bonds is 4. The van der Waals surface area contributed by atoms with Crippen molar-refractivity contribution in [2.45, 2.75) is 6.41 Å². The first kappa shape index (κ1) is 11.7. The quantitative estimate of drug-likeness (QED) is 0.483. The first-order valence-corrected chi connectivity index (χ1v) is 5.35. The van der Waals surface area contributed by atoms with Crippen LogP contribution in [0.1, 0.15) is 6.41 Å². The average Bonchev–Trinajstić information content (AvgIpc) is 2.40. The highest BCUT2D eigenvalue weighted by Gasteiger charge is 2.17. The molecule has 1 N–H and O–H groups in total. The van der Waals surface area contributed by atoms with Crippen LogP contribution in [0.2, 0.25) is 0 Å². The van der Waals surface area contributed by atoms with E-state index in [-0.39, 0.29) is 0 Å². The van der Waals surface area contributed by atoms with Gasteiger partial charge in [-0.25, -0.2) is 19.1 Å². The smallest absolute Gasteiger partial charge is 0.310 e. The lowest BCUT2D eigenvalue weighted by molar-refractivity contribution is -0.839. The molecule has 2 rings (SSSR count). The minimum atomic E-state index is -1.39. The van der Waals surface area contributed by atoms with Crippen molar-refractivity contribution in [2.24, 2.45) is 0 Å². The van der Waals surface area contributed by atoms with Gasteiger partial charge in [0.15, 0.2) is 5.82 Å². The van der Waals surface area contributed by atoms with E-state index in [1.807, 2.05) is 0 Å². The molecular weight excluding hydrogens is 243 g/mol. The number of nitrogens with zero attached hydrogens (tertiary/aromatic N) is 4. The van der Waals surface area contributed by atoms with Crippen molar-refractivity contribution in [2.75, 3.05) is 0 Å². The molecule has 0 saturated heterocycles. The van der Waals surface area contributed by atoms with Crippen LogP contribution in [0.4, 0.5) is 0 Å². The highest BCUT2D eigenvalue weighted by molar-refractivity contribution is 7.17. The molecule has 1 atom stereocenters. The second-order valence-corrected chi connectivity index (χ2v) is 3.33. The van der Waals surface area contributed by atoms with Crippen molar-refractivity contribution >= 4 is 8.69 Å². The Morgan fingerprint density at radius 1 is 1.41 bits per heavy atom. The third-order valence-electron chi connectivity index (χ3n) is 1.92. The Morgan fingerprint density at radius 3 is 2.76 bits per heavy atom. The van der Waals surface area contributed by atoms with E-state index in [4.69, 9.17) is 0 Å². The molecule has 0 radical (unpaired) electrons. The number of hydrogen-bond acceptors (Lipinski definition) is 6. The van der Waals surface area contributed by atoms with E-state index in [0.717, 1.165) is 4.68 Å². The summed E-state index contributed by atoms with van der Waals surface area (Å²) in [7, 11) is -0.616. The normalized spacial score (nSPS) is 12.5. The van der Waals surface area contributed by atoms with Gasteiger partial charge in [-0.15, -0.1) is 0 Å². The summed E-state index contributed by atoms with van der Waals surface area (Å²) in [6, 6.07) is 3.38. The molecule has 0 aliphatic rings. The molecule has 2 aromatic heterocycles. The molecule has 2 aromatic rings. The zero-order chi connectivity index (χ0) is 12.1. The lowest BCUT2D eigenvalue weighted by atomic mass is 10.3. The molecule has 1 unspecified atom stereocenters. The Morgan fingerprint density at radius 2 is 2.18 bits per heavy atom. The van der Waals surface area contributed by atoms with Crippen molar-refractivity contribution < 1.29 is 18.9 Å². The molecule has 0 saturated carbocycles. The van der Waals surface area contributed by atoms with Gasteiger partial charge in [-0.3, -0.25) is 0 Å². The Labute approximate surface area is 98.0 Å². The van der Waals surface area contributed by atoms with Crippen LogP contribution in [0.3, 0.4) is 0 Å². The third kappa shape index (κ3) is 2.85. The Hall–Kier alpha value is -1.82. The highest BCUT2D eigenvalue weighted by atomic mass is 31.1. The first-order valence-electron chi connectivity index (χ1n) is 4.62. The molecule has 86 valence electrons. The van der Waals surface area contributed by atoms with Gasteiger partial charge in [0.2, 0.25) is 6.20 Å². The van der Waals surface area contributed by atoms with E-state index in [0.29, 0.717) is 11.4 Å². The molecule has 0 fully saturated rings. The van der Waals surface area contributed by atoms with E-state index < -0.39 is 15.1 Å². The zero-order valence-corrected chi connectivity index (χ0v) is 9.44. The maximum absolute atomic E-state index is 10.1. The molecule has 8 heteroatoms. The topological polar surface area (TPSA) is 89.1 Å². The fourth-order valence-corrected chi connectivity index (χ4v) is 1.34. The van der Waals surface area contributed by atoms with Gasteiger partial charge < -0.3 is 5.11 Å². The summed E-state index contributed by atoms with van der Waals surface area (Å²) in [5.74, 6) is 0.532. The maximum atomic E-state index is 10.1. The monoisotopic (exact) mass is 251 g/mol. The fraction of sp³-hybridized carbons (Fsp3) is 0.111. The second kappa shape index (κ2) is 5.49. The van der Waals surface area contributed by atoms with Crippen molar-refractivity contribution in [1.29, 1.82) is 0 Å². The minimum absolute atomic E-state index is 0.532. The molecule has 0 spiro atoms. The Balaban J connectivity index is 2.21. The van der Waals surface area contributed by atoms with Crippen LogP contribution in [0.15, 0.2) is 36.9 Å². The standard InChI is InChI=1S/C9H8N4O3P/c14-9(16-17-15)13-5-2-7(6-12-13)8-10-3-1-4-11-8/h1-6,9,14H/q+1. The van der Waals surface area contributed by atoms with E-state index >= 15 is 0 Å². The molecule has 17 heavy (non-hydrogen) atoms. The van der Waals surface area contributed by atoms with Crippen LogP contribution in [0.5, 0.6) is 0 Å². The van der Waals surface area contributed by atoms with E-state index in [1.165, 1.54) is 12.4 Å². The summed E-state index contributed by atoms with van der Waals surface area (Å²) >= 11 is 0. The van der Waals surface area contributed by atoms with E-state index in [2.05, 4.69) is 19.6 Å². The van der Waals surface area contributed by atoms with Crippen LogP contribution in [-0.2, 0) is 9.09 Å². The van der Waals surface area contributed by atoms with E-state index in [1.54, 1.807) is 24.5 Å². The summed E-state index contributed by atoms with van der Waals surface area (Å²) < 4.78 is 15.7. The van der Waals surface area contributed by atoms with Crippen LogP contribution in [-0.4, -0.2) is 20.2 Å². The number of aliphatic hydroxyl groups excluding tert-OH is 1. The lowest BCUT2D eigenvalue weighted by Crippen LogP contribution is -2.42. The number of hydrogen-bond donors (Lipinski definition) is 1. The molecule has 7 nitrogen and oxygen atoms in total. The van der Waals surface area contributed by atoms with Crippen molar-refractivity contribution in [3.05, 3.63) is 36.9 Å². The van der Waals surface area contributed by atoms with Gasteiger partial charge >= 0.3 is 15.1 Å². The molecule has 0 bridgehead atoms. The van der Waals surface area contributed by atoms with Gasteiger partial charge in [-0.05, 0) is 15.8 Å². The number of aliphatic hydroxyl groups is 1. The van der Waals surface area contributed by atoms with Crippen LogP contribution in [0.25, 0.3) is 11.4 Å². The average molecular weight is 251 g/mol. The van der Waals surface area contributed by atoms with Crippen LogP contribution in [0, 0.1) is 0 Å². The van der Waals surface area contributed by atoms with Gasteiger partial charge in [-0.2, -0.15) is 0 Å². The van der Waals surface area contributed by atoms with Crippen molar-refractivity contribution in [1.82, 2.24) is 15.1 Å². The van der Waals surface area contributed by atoms with Gasteiger partial charge in [0.05, 0.1) is 0 Å². The molecule has 0 aromatic carbocycles. The lowest BCUT2D eigenvalue weighted by Gasteiger charge is -1.99. The largest absolute Gasteiger partial charge is 0.412 e. The summed E-state index contributed by atoms with van der Waals surface area (Å²) in [5.41, 5.74) is 0.703. The molecule has 0 aliphatic carbocycles. The molecule has 2 heterocycles. The van der Waals surface area contributed by atoms with E-state index in [9.17, 15) is 9.67 Å². The third-order valence-corrected chi connectivity index (χ3v) is 2.20. The van der Waals surface area contributed by atoms with Crippen molar-refractivity contribution in [3.63, 3.8) is 0 Å². The second-order valence-electron chi connectivity index (χ2n) is 2.97. The van der Waals surface area contributed by atoms with Crippen LogP contribution >= 0.6 is 8.69 Å². The Bertz CT molecular complexity index is 493. The summed E-state index contributed by atoms with van der Waals surface area (Å²) in [4.78, 5) is 8.11. The van der Waals surface area contributed by atoms with Crippen LogP contribution < -0.4 is 4.68 Å². The minimum Gasteiger partial charge on any atom is -0.310 e. The summed E-state index contributed by atoms with van der Waals surface area (Å²) in [6.07, 6.45) is 4.81. The molecule has 0 amide bonds. The fourth-order valence-electron chi connectivity index (χ4n) is 1.16. The van der Waals surface area contributed by atoms with Gasteiger partial charge in [0.25, 0.3) is 0 Å². The predicted molar refractivity (Wildman–Crippen MR) is 55.4 cm³/mol. The molecular formula is C9H8N4O3P+. The first-order chi connectivity index (χ1) is 8.31. The summed E-state index contributed by atoms with van der Waals surface area (Å²) in [6.45, 7) is 0. The maximum Gasteiger partial charge on any atom is 0.412 e. The zero-order valence-electron chi connectivity index (χ0n) is 8.54. The summed E-state index contributed by atoms with van der Waals surface area (Å²) in [5, 5.41) is 13.2. The SMILES string of the molecule is O=POC(O)[n+]1ccc(-c2ncccn2)cn1. The predicted octanol–water partition coefficient (Wildman–Crippen LogP) is 0.498. The van der Waals surface area contributed by atoms with Gasteiger partial charge in [-0.1, -0.05) is 0 Å². The molecule has 0 aliphatic heterocycles. The van der Waals surface area contributed by atoms with Crippen molar-refractivity contribution in [3.8, 4) is 11.4 Å². The highest BCUT2D eigenvalue weighted by Crippen LogP contribution is 2.10. The Kier molecular flexibility index (Phi) is 3.77. The van der Waals surface area contributed by atoms with Gasteiger partial charge in [0, 0.05) is 24.0 Å². The number of aromatic nitrogens is 4. The van der Waals surface area contributed by atoms with Gasteiger partial charge in [0.1, 0.15) is 6.20 Å².